The van der Waals surface area contributed by atoms with Crippen molar-refractivity contribution < 1.29 is 19.1 Å². The zero-order chi connectivity index (χ0) is 19.8. The first-order valence-electron chi connectivity index (χ1n) is 8.52. The van der Waals surface area contributed by atoms with Crippen LogP contribution in [0.4, 0.5) is 5.69 Å². The van der Waals surface area contributed by atoms with Gasteiger partial charge in [0.25, 0.3) is 11.8 Å². The van der Waals surface area contributed by atoms with Gasteiger partial charge in [-0.25, -0.2) is 0 Å². The summed E-state index contributed by atoms with van der Waals surface area (Å²) in [5.74, 6) is -1.59. The quantitative estimate of drug-likeness (QED) is 0.713. The van der Waals surface area contributed by atoms with Crippen molar-refractivity contribution in [3.05, 3.63) is 64.7 Å². The van der Waals surface area contributed by atoms with Gasteiger partial charge < -0.3 is 15.4 Å². The van der Waals surface area contributed by atoms with Crippen LogP contribution in [0.15, 0.2) is 48.5 Å². The number of anilines is 1. The molecule has 2 aromatic rings. The first-order valence-corrected chi connectivity index (χ1v) is 8.90. The molecule has 2 N–H and O–H groups in total. The summed E-state index contributed by atoms with van der Waals surface area (Å²) in [6, 6.07) is 13.7. The zero-order valence-electron chi connectivity index (χ0n) is 15.1. The Kier molecular flexibility index (Phi) is 7.37. The molecule has 2 rings (SSSR count). The lowest BCUT2D eigenvalue weighted by molar-refractivity contribution is -0.152. The molecular formula is C20H21ClN2O4. The summed E-state index contributed by atoms with van der Waals surface area (Å²) < 4.78 is 5.05. The van der Waals surface area contributed by atoms with E-state index in [4.69, 9.17) is 16.3 Å². The zero-order valence-corrected chi connectivity index (χ0v) is 15.9. The molecule has 7 heteroatoms. The van der Waals surface area contributed by atoms with E-state index in [0.717, 1.165) is 12.0 Å². The van der Waals surface area contributed by atoms with Gasteiger partial charge in [-0.15, -0.1) is 0 Å². The Morgan fingerprint density at radius 1 is 1.04 bits per heavy atom. The van der Waals surface area contributed by atoms with Crippen LogP contribution < -0.4 is 10.6 Å². The summed E-state index contributed by atoms with van der Waals surface area (Å²) in [6.07, 6.45) is -0.0833. The number of nitrogens with one attached hydrogen (secondary N) is 2. The van der Waals surface area contributed by atoms with Gasteiger partial charge >= 0.3 is 5.97 Å². The van der Waals surface area contributed by atoms with E-state index in [1.807, 2.05) is 19.1 Å². The molecule has 0 radical (unpaired) electrons. The summed E-state index contributed by atoms with van der Waals surface area (Å²) in [5.41, 5.74) is 2.15. The fourth-order valence-electron chi connectivity index (χ4n) is 2.22. The normalized spacial score (nSPS) is 11.4. The van der Waals surface area contributed by atoms with Crippen molar-refractivity contribution >= 4 is 35.1 Å². The Labute approximate surface area is 162 Å². The number of carbonyl (C=O) groups excluding carboxylic acids is 3. The monoisotopic (exact) mass is 388 g/mol. The Balaban J connectivity index is 1.78. The molecule has 0 saturated heterocycles. The van der Waals surface area contributed by atoms with Gasteiger partial charge in [0.05, 0.1) is 0 Å². The minimum Gasteiger partial charge on any atom is -0.451 e. The van der Waals surface area contributed by atoms with Crippen molar-refractivity contribution in [1.82, 2.24) is 5.32 Å². The van der Waals surface area contributed by atoms with E-state index in [1.165, 1.54) is 6.92 Å². The Bertz CT molecular complexity index is 804. The summed E-state index contributed by atoms with van der Waals surface area (Å²) in [7, 11) is 0. The number of aryl methyl sites for hydroxylation is 1. The number of hydrogen-bond donors (Lipinski definition) is 2. The maximum Gasteiger partial charge on any atom is 0.326 e. The highest BCUT2D eigenvalue weighted by atomic mass is 35.5. The van der Waals surface area contributed by atoms with Crippen LogP contribution in [0.5, 0.6) is 0 Å². The van der Waals surface area contributed by atoms with Crippen molar-refractivity contribution in [3.63, 3.8) is 0 Å². The molecule has 6 nitrogen and oxygen atoms in total. The molecule has 0 aromatic heterocycles. The molecule has 0 saturated carbocycles. The van der Waals surface area contributed by atoms with Crippen LogP contribution in [0, 0.1) is 0 Å². The average Bonchev–Trinajstić information content (AvgIpc) is 2.67. The number of esters is 1. The van der Waals surface area contributed by atoms with Gasteiger partial charge in [0.15, 0.2) is 6.10 Å². The van der Waals surface area contributed by atoms with E-state index in [0.29, 0.717) is 16.3 Å². The lowest BCUT2D eigenvalue weighted by atomic mass is 10.1. The average molecular weight is 389 g/mol. The second-order valence-electron chi connectivity index (χ2n) is 5.86. The van der Waals surface area contributed by atoms with Crippen molar-refractivity contribution in [2.75, 3.05) is 11.9 Å². The minimum atomic E-state index is -0.990. The highest BCUT2D eigenvalue weighted by molar-refractivity contribution is 6.30. The van der Waals surface area contributed by atoms with E-state index < -0.39 is 23.9 Å². The van der Waals surface area contributed by atoms with E-state index >= 15 is 0 Å². The van der Waals surface area contributed by atoms with Crippen LogP contribution in [0.1, 0.15) is 29.8 Å². The van der Waals surface area contributed by atoms with Gasteiger partial charge in [0.2, 0.25) is 0 Å². The van der Waals surface area contributed by atoms with Crippen molar-refractivity contribution in [2.45, 2.75) is 26.4 Å². The third-order valence-corrected chi connectivity index (χ3v) is 4.06. The van der Waals surface area contributed by atoms with E-state index in [1.54, 1.807) is 36.4 Å². The highest BCUT2D eigenvalue weighted by Gasteiger charge is 2.18. The summed E-state index contributed by atoms with van der Waals surface area (Å²) in [6.45, 7) is 3.17. The standard InChI is InChI=1S/C20H21ClN2O4/c1-3-14-4-10-17(11-5-14)23-19(25)13(2)27-18(24)12-22-20(26)15-6-8-16(21)9-7-15/h4-11,13H,3,12H2,1-2H3,(H,22,26)(H,23,25). The first kappa shape index (κ1) is 20.5. The van der Waals surface area contributed by atoms with Gasteiger partial charge in [-0.3, -0.25) is 14.4 Å². The smallest absolute Gasteiger partial charge is 0.326 e. The molecule has 0 heterocycles. The van der Waals surface area contributed by atoms with Crippen LogP contribution >= 0.6 is 11.6 Å². The van der Waals surface area contributed by atoms with Gasteiger partial charge in [0.1, 0.15) is 6.54 Å². The van der Waals surface area contributed by atoms with Crippen LogP contribution in [0.25, 0.3) is 0 Å². The topological polar surface area (TPSA) is 84.5 Å². The van der Waals surface area contributed by atoms with E-state index in [-0.39, 0.29) is 6.54 Å². The predicted molar refractivity (Wildman–Crippen MR) is 104 cm³/mol. The van der Waals surface area contributed by atoms with Crippen LogP contribution in [-0.4, -0.2) is 30.4 Å². The molecule has 0 aliphatic heterocycles. The molecule has 142 valence electrons. The van der Waals surface area contributed by atoms with Gasteiger partial charge in [-0.2, -0.15) is 0 Å². The predicted octanol–water partition coefficient (Wildman–Crippen LogP) is 3.20. The maximum absolute atomic E-state index is 12.1. The number of benzene rings is 2. The Morgan fingerprint density at radius 3 is 2.26 bits per heavy atom. The van der Waals surface area contributed by atoms with Crippen LogP contribution in [0.2, 0.25) is 5.02 Å². The number of ether oxygens (including phenoxy) is 1. The van der Waals surface area contributed by atoms with Crippen LogP contribution in [0.3, 0.4) is 0 Å². The van der Waals surface area contributed by atoms with E-state index in [9.17, 15) is 14.4 Å². The molecule has 1 unspecified atom stereocenters. The summed E-state index contributed by atoms with van der Waals surface area (Å²) in [5, 5.41) is 5.62. The number of halogens is 1. The number of carbonyl (C=O) groups is 3. The molecule has 0 spiro atoms. The number of amides is 2. The fourth-order valence-corrected chi connectivity index (χ4v) is 2.34. The molecule has 27 heavy (non-hydrogen) atoms. The largest absolute Gasteiger partial charge is 0.451 e. The summed E-state index contributed by atoms with van der Waals surface area (Å²) in [4.78, 5) is 35.9. The Morgan fingerprint density at radius 2 is 1.67 bits per heavy atom. The van der Waals surface area contributed by atoms with Gasteiger partial charge in [-0.1, -0.05) is 30.7 Å². The van der Waals surface area contributed by atoms with Crippen molar-refractivity contribution in [3.8, 4) is 0 Å². The highest BCUT2D eigenvalue weighted by Crippen LogP contribution is 2.11. The Hall–Kier alpha value is -2.86. The molecule has 0 aliphatic rings. The second kappa shape index (κ2) is 9.73. The molecular weight excluding hydrogens is 368 g/mol. The third-order valence-electron chi connectivity index (χ3n) is 3.81. The maximum atomic E-state index is 12.1. The molecule has 0 bridgehead atoms. The molecule has 2 aromatic carbocycles. The van der Waals surface area contributed by atoms with Crippen molar-refractivity contribution in [2.24, 2.45) is 0 Å². The lowest BCUT2D eigenvalue weighted by Crippen LogP contribution is -2.35. The molecule has 0 fully saturated rings. The SMILES string of the molecule is CCc1ccc(NC(=O)C(C)OC(=O)CNC(=O)c2ccc(Cl)cc2)cc1. The lowest BCUT2D eigenvalue weighted by Gasteiger charge is -2.14. The minimum absolute atomic E-state index is 0.343. The molecule has 1 atom stereocenters. The fraction of sp³-hybridized carbons (Fsp3) is 0.250. The van der Waals surface area contributed by atoms with Gasteiger partial charge in [-0.05, 0) is 55.3 Å². The van der Waals surface area contributed by atoms with Crippen molar-refractivity contribution in [1.29, 1.82) is 0 Å². The summed E-state index contributed by atoms with van der Waals surface area (Å²) >= 11 is 5.76. The van der Waals surface area contributed by atoms with E-state index in [2.05, 4.69) is 10.6 Å². The van der Waals surface area contributed by atoms with Gasteiger partial charge in [0, 0.05) is 16.3 Å². The molecule has 2 amide bonds. The number of hydrogen-bond acceptors (Lipinski definition) is 4. The van der Waals surface area contributed by atoms with Crippen LogP contribution in [-0.2, 0) is 20.7 Å². The first-order chi connectivity index (χ1) is 12.9. The third kappa shape index (κ3) is 6.42. The molecule has 0 aliphatic carbocycles. The number of rotatable bonds is 7. The second-order valence-corrected chi connectivity index (χ2v) is 6.30.